The first-order valence-corrected chi connectivity index (χ1v) is 6.53. The second kappa shape index (κ2) is 6.43. The summed E-state index contributed by atoms with van der Waals surface area (Å²) in [6.45, 7) is 5.57. The van der Waals surface area contributed by atoms with E-state index in [1.165, 1.54) is 11.6 Å². The Hall–Kier alpha value is -1.74. The second-order valence-corrected chi connectivity index (χ2v) is 4.77. The highest BCUT2D eigenvalue weighted by molar-refractivity contribution is 5.26. The topological polar surface area (TPSA) is 24.9 Å². The molecule has 0 spiro atoms. The number of hydrogen-bond acceptors (Lipinski definition) is 2. The van der Waals surface area contributed by atoms with E-state index in [9.17, 15) is 4.39 Å². The van der Waals surface area contributed by atoms with Gasteiger partial charge in [0.15, 0.2) is 0 Å². The summed E-state index contributed by atoms with van der Waals surface area (Å²) in [6, 6.07) is 11.0. The molecular weight excluding hydrogens is 239 g/mol. The molecule has 1 aromatic heterocycles. The molecule has 0 saturated heterocycles. The molecule has 0 unspecified atom stereocenters. The Morgan fingerprint density at radius 1 is 1.16 bits per heavy atom. The van der Waals surface area contributed by atoms with Crippen molar-refractivity contribution < 1.29 is 4.39 Å². The lowest BCUT2D eigenvalue weighted by Gasteiger charge is -2.07. The van der Waals surface area contributed by atoms with E-state index in [4.69, 9.17) is 0 Å². The van der Waals surface area contributed by atoms with Crippen LogP contribution in [0.25, 0.3) is 0 Å². The highest BCUT2D eigenvalue weighted by Gasteiger charge is 2.00. The minimum atomic E-state index is -0.168. The van der Waals surface area contributed by atoms with Crippen LogP contribution in [0.15, 0.2) is 36.4 Å². The van der Waals surface area contributed by atoms with Crippen LogP contribution in [0.5, 0.6) is 0 Å². The number of halogens is 1. The molecule has 3 heteroatoms. The molecule has 0 bridgehead atoms. The number of nitrogens with zero attached hydrogens (tertiary/aromatic N) is 1. The van der Waals surface area contributed by atoms with E-state index in [0.717, 1.165) is 36.5 Å². The lowest BCUT2D eigenvalue weighted by molar-refractivity contribution is 0.624. The molecule has 0 aliphatic rings. The van der Waals surface area contributed by atoms with Gasteiger partial charge in [-0.05, 0) is 62.2 Å². The van der Waals surface area contributed by atoms with Gasteiger partial charge in [0.1, 0.15) is 5.82 Å². The van der Waals surface area contributed by atoms with Crippen molar-refractivity contribution in [3.63, 3.8) is 0 Å². The number of aromatic nitrogens is 1. The maximum absolute atomic E-state index is 13.0. The Bertz CT molecular complexity index is 552. The predicted molar refractivity (Wildman–Crippen MR) is 75.5 cm³/mol. The van der Waals surface area contributed by atoms with Crippen LogP contribution >= 0.6 is 0 Å². The van der Waals surface area contributed by atoms with Gasteiger partial charge >= 0.3 is 0 Å². The number of hydrogen-bond donors (Lipinski definition) is 1. The molecular formula is C16H19FN2. The van der Waals surface area contributed by atoms with Crippen molar-refractivity contribution in [2.45, 2.75) is 26.8 Å². The molecule has 2 aromatic rings. The Kier molecular flexibility index (Phi) is 4.63. The molecule has 1 aromatic carbocycles. The molecule has 0 radical (unpaired) electrons. The predicted octanol–water partition coefficient (Wildman–Crippen LogP) is 3.17. The molecule has 2 rings (SSSR count). The van der Waals surface area contributed by atoms with Crippen LogP contribution < -0.4 is 5.32 Å². The van der Waals surface area contributed by atoms with E-state index in [2.05, 4.69) is 10.3 Å². The van der Waals surface area contributed by atoms with Gasteiger partial charge in [0, 0.05) is 12.2 Å². The fraction of sp³-hybridized carbons (Fsp3) is 0.312. The normalized spacial score (nSPS) is 10.7. The van der Waals surface area contributed by atoms with Crippen molar-refractivity contribution >= 4 is 0 Å². The summed E-state index contributed by atoms with van der Waals surface area (Å²) in [4.78, 5) is 4.43. The van der Waals surface area contributed by atoms with E-state index in [1.54, 1.807) is 6.07 Å². The number of benzene rings is 1. The third-order valence-electron chi connectivity index (χ3n) is 3.13. The standard InChI is InChI=1S/C16H19FN2/c1-12-10-15(17)7-6-14(12)8-9-18-11-16-5-3-4-13(2)19-16/h3-7,10,18H,8-9,11H2,1-2H3. The minimum Gasteiger partial charge on any atom is -0.311 e. The monoisotopic (exact) mass is 258 g/mol. The van der Waals surface area contributed by atoms with Gasteiger partial charge < -0.3 is 5.32 Å². The Labute approximate surface area is 113 Å². The number of pyridine rings is 1. The van der Waals surface area contributed by atoms with Gasteiger partial charge in [0.05, 0.1) is 5.69 Å². The molecule has 0 aliphatic heterocycles. The molecule has 100 valence electrons. The average molecular weight is 258 g/mol. The summed E-state index contributed by atoms with van der Waals surface area (Å²) < 4.78 is 13.0. The van der Waals surface area contributed by atoms with Crippen LogP contribution in [0, 0.1) is 19.7 Å². The zero-order valence-corrected chi connectivity index (χ0v) is 11.4. The first-order valence-electron chi connectivity index (χ1n) is 6.53. The lowest BCUT2D eigenvalue weighted by atomic mass is 10.1. The largest absolute Gasteiger partial charge is 0.311 e. The van der Waals surface area contributed by atoms with Crippen LogP contribution in [0.4, 0.5) is 4.39 Å². The Morgan fingerprint density at radius 3 is 2.74 bits per heavy atom. The summed E-state index contributed by atoms with van der Waals surface area (Å²) >= 11 is 0. The van der Waals surface area contributed by atoms with Crippen molar-refractivity contribution in [1.29, 1.82) is 0 Å². The first-order chi connectivity index (χ1) is 9.15. The quantitative estimate of drug-likeness (QED) is 0.833. The average Bonchev–Trinajstić information content (AvgIpc) is 2.37. The number of rotatable bonds is 5. The molecule has 1 N–H and O–H groups in total. The number of nitrogens with one attached hydrogen (secondary N) is 1. The maximum Gasteiger partial charge on any atom is 0.123 e. The van der Waals surface area contributed by atoms with E-state index >= 15 is 0 Å². The zero-order chi connectivity index (χ0) is 13.7. The fourth-order valence-corrected chi connectivity index (χ4v) is 2.08. The SMILES string of the molecule is Cc1cccc(CNCCc2ccc(F)cc2C)n1. The summed E-state index contributed by atoms with van der Waals surface area (Å²) in [5.41, 5.74) is 4.28. The second-order valence-electron chi connectivity index (χ2n) is 4.77. The minimum absolute atomic E-state index is 0.168. The molecule has 2 nitrogen and oxygen atoms in total. The van der Waals surface area contributed by atoms with Crippen molar-refractivity contribution in [1.82, 2.24) is 10.3 Å². The van der Waals surface area contributed by atoms with Crippen molar-refractivity contribution in [3.8, 4) is 0 Å². The van der Waals surface area contributed by atoms with Gasteiger partial charge in [0.25, 0.3) is 0 Å². The van der Waals surface area contributed by atoms with Gasteiger partial charge in [-0.25, -0.2) is 4.39 Å². The van der Waals surface area contributed by atoms with Crippen molar-refractivity contribution in [2.75, 3.05) is 6.54 Å². The van der Waals surface area contributed by atoms with E-state index in [1.807, 2.05) is 38.1 Å². The third kappa shape index (κ3) is 4.14. The van der Waals surface area contributed by atoms with Gasteiger partial charge in [-0.3, -0.25) is 4.98 Å². The molecule has 0 amide bonds. The number of aryl methyl sites for hydroxylation is 2. The van der Waals surface area contributed by atoms with Crippen LogP contribution in [0.2, 0.25) is 0 Å². The third-order valence-corrected chi connectivity index (χ3v) is 3.13. The lowest BCUT2D eigenvalue weighted by Crippen LogP contribution is -2.18. The highest BCUT2D eigenvalue weighted by atomic mass is 19.1. The maximum atomic E-state index is 13.0. The molecule has 0 aliphatic carbocycles. The van der Waals surface area contributed by atoms with E-state index in [0.29, 0.717) is 0 Å². The van der Waals surface area contributed by atoms with Crippen LogP contribution in [-0.4, -0.2) is 11.5 Å². The van der Waals surface area contributed by atoms with Crippen LogP contribution in [-0.2, 0) is 13.0 Å². The molecule has 19 heavy (non-hydrogen) atoms. The van der Waals surface area contributed by atoms with Gasteiger partial charge in [0.2, 0.25) is 0 Å². The van der Waals surface area contributed by atoms with Gasteiger partial charge in [-0.1, -0.05) is 12.1 Å². The summed E-state index contributed by atoms with van der Waals surface area (Å²) in [7, 11) is 0. The molecule has 0 fully saturated rings. The van der Waals surface area contributed by atoms with E-state index < -0.39 is 0 Å². The molecule has 0 atom stereocenters. The summed E-state index contributed by atoms with van der Waals surface area (Å²) in [6.07, 6.45) is 0.901. The molecule has 0 saturated carbocycles. The zero-order valence-electron chi connectivity index (χ0n) is 11.4. The van der Waals surface area contributed by atoms with Crippen molar-refractivity contribution in [2.24, 2.45) is 0 Å². The Balaban J connectivity index is 1.81. The smallest absolute Gasteiger partial charge is 0.123 e. The molecule has 1 heterocycles. The summed E-state index contributed by atoms with van der Waals surface area (Å²) in [5, 5.41) is 3.36. The first kappa shape index (κ1) is 13.7. The summed E-state index contributed by atoms with van der Waals surface area (Å²) in [5.74, 6) is -0.168. The van der Waals surface area contributed by atoms with Crippen LogP contribution in [0.3, 0.4) is 0 Å². The Morgan fingerprint density at radius 2 is 2.00 bits per heavy atom. The highest BCUT2D eigenvalue weighted by Crippen LogP contribution is 2.10. The fourth-order valence-electron chi connectivity index (χ4n) is 2.08. The van der Waals surface area contributed by atoms with Crippen LogP contribution in [0.1, 0.15) is 22.5 Å². The van der Waals surface area contributed by atoms with Crippen molar-refractivity contribution in [3.05, 3.63) is 64.7 Å². The van der Waals surface area contributed by atoms with E-state index in [-0.39, 0.29) is 5.82 Å². The van der Waals surface area contributed by atoms with Gasteiger partial charge in [-0.15, -0.1) is 0 Å². The van der Waals surface area contributed by atoms with Gasteiger partial charge in [-0.2, -0.15) is 0 Å².